The number of rotatable bonds is 8. The Morgan fingerprint density at radius 2 is 2.16 bits per heavy atom. The zero-order valence-corrected chi connectivity index (χ0v) is 14.5. The molecule has 0 spiro atoms. The lowest BCUT2D eigenvalue weighted by Gasteiger charge is -2.09. The van der Waals surface area contributed by atoms with Gasteiger partial charge in [0.1, 0.15) is 6.61 Å². The highest BCUT2D eigenvalue weighted by Gasteiger charge is 2.05. The van der Waals surface area contributed by atoms with Crippen LogP contribution in [0.1, 0.15) is 16.8 Å². The second-order valence-electron chi connectivity index (χ2n) is 5.33. The van der Waals surface area contributed by atoms with E-state index in [0.717, 1.165) is 16.8 Å². The fourth-order valence-electron chi connectivity index (χ4n) is 2.16. The van der Waals surface area contributed by atoms with Crippen LogP contribution < -0.4 is 14.8 Å². The maximum absolute atomic E-state index is 12.0. The number of carbonyl (C=O) groups excluding carboxylic acids is 1. The molecule has 0 fully saturated rings. The first kappa shape index (κ1) is 18.3. The molecule has 5 heteroatoms. The van der Waals surface area contributed by atoms with Gasteiger partial charge in [-0.1, -0.05) is 24.8 Å². The number of aryl methyl sites for hydroxylation is 1. The van der Waals surface area contributed by atoms with E-state index in [4.69, 9.17) is 9.47 Å². The Labute approximate surface area is 148 Å². The molecule has 0 radical (unpaired) electrons. The van der Waals surface area contributed by atoms with E-state index in [2.05, 4.69) is 16.9 Å². The fraction of sp³-hybridized carbons (Fsp3) is 0.200. The minimum Gasteiger partial charge on any atom is -0.493 e. The lowest BCUT2D eigenvalue weighted by Crippen LogP contribution is -2.21. The van der Waals surface area contributed by atoms with Crippen LogP contribution in [0.5, 0.6) is 11.5 Å². The minimum absolute atomic E-state index is 0.184. The molecule has 0 bridgehead atoms. The summed E-state index contributed by atoms with van der Waals surface area (Å²) in [6.07, 6.45) is 6.59. The summed E-state index contributed by atoms with van der Waals surface area (Å²) in [6.45, 7) is 6.38. The molecule has 1 aromatic carbocycles. The molecule has 1 N–H and O–H groups in total. The number of nitrogens with one attached hydrogen (secondary N) is 1. The van der Waals surface area contributed by atoms with E-state index in [1.807, 2.05) is 31.2 Å². The number of hydrogen-bond donors (Lipinski definition) is 1. The first-order valence-corrected chi connectivity index (χ1v) is 7.92. The number of hydrogen-bond acceptors (Lipinski definition) is 4. The lowest BCUT2D eigenvalue weighted by atomic mass is 10.2. The third-order valence-corrected chi connectivity index (χ3v) is 3.52. The molecular weight excluding hydrogens is 316 g/mol. The molecule has 0 unspecified atom stereocenters. The molecule has 0 aliphatic rings. The van der Waals surface area contributed by atoms with Crippen molar-refractivity contribution in [1.82, 2.24) is 10.3 Å². The van der Waals surface area contributed by atoms with Crippen LogP contribution in [-0.2, 0) is 11.3 Å². The van der Waals surface area contributed by atoms with Gasteiger partial charge >= 0.3 is 0 Å². The average Bonchev–Trinajstić information content (AvgIpc) is 2.64. The van der Waals surface area contributed by atoms with Gasteiger partial charge in [-0.2, -0.15) is 0 Å². The molecule has 0 saturated heterocycles. The van der Waals surface area contributed by atoms with Crippen molar-refractivity contribution in [3.8, 4) is 11.5 Å². The maximum Gasteiger partial charge on any atom is 0.244 e. The fourth-order valence-corrected chi connectivity index (χ4v) is 2.16. The molecule has 1 amide bonds. The van der Waals surface area contributed by atoms with Gasteiger partial charge in [-0.15, -0.1) is 0 Å². The van der Waals surface area contributed by atoms with Crippen LogP contribution in [0.4, 0.5) is 0 Å². The Bertz CT molecular complexity index is 769. The summed E-state index contributed by atoms with van der Waals surface area (Å²) in [6, 6.07) is 9.30. The third kappa shape index (κ3) is 5.49. The standard InChI is InChI=1S/C20H22N2O3/c1-4-12-25-18-9-7-16(13-19(18)24-3)8-10-20(23)22-14-17-15(2)6-5-11-21-17/h4-11,13H,1,12,14H2,2-3H3,(H,22,23). The topological polar surface area (TPSA) is 60.5 Å². The van der Waals surface area contributed by atoms with Crippen LogP contribution in [-0.4, -0.2) is 24.6 Å². The summed E-state index contributed by atoms with van der Waals surface area (Å²) < 4.78 is 10.8. The molecule has 1 aromatic heterocycles. The van der Waals surface area contributed by atoms with Crippen LogP contribution >= 0.6 is 0 Å². The van der Waals surface area contributed by atoms with Gasteiger partial charge in [0.25, 0.3) is 0 Å². The van der Waals surface area contributed by atoms with Crippen LogP contribution in [0.25, 0.3) is 6.08 Å². The predicted molar refractivity (Wildman–Crippen MR) is 98.5 cm³/mol. The maximum atomic E-state index is 12.0. The summed E-state index contributed by atoms with van der Waals surface area (Å²) in [5, 5.41) is 2.82. The predicted octanol–water partition coefficient (Wildman–Crippen LogP) is 3.29. The number of ether oxygens (including phenoxy) is 2. The van der Waals surface area contributed by atoms with E-state index in [-0.39, 0.29) is 5.91 Å². The van der Waals surface area contributed by atoms with E-state index >= 15 is 0 Å². The van der Waals surface area contributed by atoms with Crippen LogP contribution in [0.15, 0.2) is 55.3 Å². The number of benzene rings is 1. The Hall–Kier alpha value is -3.08. The molecule has 25 heavy (non-hydrogen) atoms. The largest absolute Gasteiger partial charge is 0.493 e. The first-order chi connectivity index (χ1) is 12.1. The number of methoxy groups -OCH3 is 1. The minimum atomic E-state index is -0.184. The molecule has 0 atom stereocenters. The van der Waals surface area contributed by atoms with E-state index in [1.54, 1.807) is 31.5 Å². The normalized spacial score (nSPS) is 10.5. The van der Waals surface area contributed by atoms with Crippen molar-refractivity contribution >= 4 is 12.0 Å². The van der Waals surface area contributed by atoms with Gasteiger partial charge in [0.15, 0.2) is 11.5 Å². The first-order valence-electron chi connectivity index (χ1n) is 7.92. The van der Waals surface area contributed by atoms with E-state index in [0.29, 0.717) is 24.7 Å². The van der Waals surface area contributed by atoms with Gasteiger partial charge in [-0.25, -0.2) is 0 Å². The van der Waals surface area contributed by atoms with Crippen molar-refractivity contribution in [2.45, 2.75) is 13.5 Å². The van der Waals surface area contributed by atoms with Gasteiger partial charge < -0.3 is 14.8 Å². The van der Waals surface area contributed by atoms with Crippen molar-refractivity contribution in [2.24, 2.45) is 0 Å². The third-order valence-electron chi connectivity index (χ3n) is 3.52. The molecule has 0 aliphatic heterocycles. The van der Waals surface area contributed by atoms with Crippen molar-refractivity contribution in [2.75, 3.05) is 13.7 Å². The number of amides is 1. The zero-order valence-electron chi connectivity index (χ0n) is 14.5. The van der Waals surface area contributed by atoms with Gasteiger partial charge in [-0.05, 0) is 42.3 Å². The summed E-state index contributed by atoms with van der Waals surface area (Å²) in [5.74, 6) is 1.05. The molecule has 0 aliphatic carbocycles. The van der Waals surface area contributed by atoms with Crippen molar-refractivity contribution in [3.63, 3.8) is 0 Å². The summed E-state index contributed by atoms with van der Waals surface area (Å²) in [7, 11) is 1.57. The molecule has 2 aromatic rings. The van der Waals surface area contributed by atoms with Gasteiger partial charge in [-0.3, -0.25) is 9.78 Å². The molecule has 1 heterocycles. The Kier molecular flexibility index (Phi) is 6.77. The molecule has 0 saturated carbocycles. The SMILES string of the molecule is C=CCOc1ccc(C=CC(=O)NCc2ncccc2C)cc1OC. The van der Waals surface area contributed by atoms with Gasteiger partial charge in [0.05, 0.1) is 19.3 Å². The zero-order chi connectivity index (χ0) is 18.1. The molecule has 2 rings (SSSR count). The second kappa shape index (κ2) is 9.27. The summed E-state index contributed by atoms with van der Waals surface area (Å²) >= 11 is 0. The lowest BCUT2D eigenvalue weighted by molar-refractivity contribution is -0.116. The van der Waals surface area contributed by atoms with E-state index in [1.165, 1.54) is 6.08 Å². The van der Waals surface area contributed by atoms with Gasteiger partial charge in [0.2, 0.25) is 5.91 Å². The molecular formula is C20H22N2O3. The number of aromatic nitrogens is 1. The Balaban J connectivity index is 1.97. The van der Waals surface area contributed by atoms with Crippen LogP contribution in [0, 0.1) is 6.92 Å². The summed E-state index contributed by atoms with van der Waals surface area (Å²) in [5.41, 5.74) is 2.74. The quantitative estimate of drug-likeness (QED) is 0.593. The average molecular weight is 338 g/mol. The van der Waals surface area contributed by atoms with Crippen LogP contribution in [0.3, 0.4) is 0 Å². The van der Waals surface area contributed by atoms with Crippen molar-refractivity contribution < 1.29 is 14.3 Å². The van der Waals surface area contributed by atoms with Crippen molar-refractivity contribution in [3.05, 3.63) is 72.1 Å². The number of pyridine rings is 1. The highest BCUT2D eigenvalue weighted by atomic mass is 16.5. The second-order valence-corrected chi connectivity index (χ2v) is 5.33. The summed E-state index contributed by atoms with van der Waals surface area (Å²) in [4.78, 5) is 16.2. The van der Waals surface area contributed by atoms with Gasteiger partial charge in [0, 0.05) is 12.3 Å². The Morgan fingerprint density at radius 3 is 2.88 bits per heavy atom. The number of carbonyl (C=O) groups is 1. The van der Waals surface area contributed by atoms with Crippen molar-refractivity contribution in [1.29, 1.82) is 0 Å². The molecule has 130 valence electrons. The highest BCUT2D eigenvalue weighted by Crippen LogP contribution is 2.28. The van der Waals surface area contributed by atoms with Crippen LogP contribution in [0.2, 0.25) is 0 Å². The molecule has 5 nitrogen and oxygen atoms in total. The number of nitrogens with zero attached hydrogens (tertiary/aromatic N) is 1. The van der Waals surface area contributed by atoms with E-state index < -0.39 is 0 Å². The Morgan fingerprint density at radius 1 is 1.32 bits per heavy atom. The monoisotopic (exact) mass is 338 g/mol. The highest BCUT2D eigenvalue weighted by molar-refractivity contribution is 5.91. The van der Waals surface area contributed by atoms with E-state index in [9.17, 15) is 4.79 Å². The smallest absolute Gasteiger partial charge is 0.244 e.